The molecule has 0 unspecified atom stereocenters. The Kier molecular flexibility index (Phi) is 9.78. The number of nitrogens with zero attached hydrogens (tertiary/aromatic N) is 1. The van der Waals surface area contributed by atoms with E-state index in [2.05, 4.69) is 226 Å². The van der Waals surface area contributed by atoms with Crippen molar-refractivity contribution in [1.82, 2.24) is 0 Å². The van der Waals surface area contributed by atoms with E-state index >= 15 is 0 Å². The third-order valence-electron chi connectivity index (χ3n) is 13.1. The normalized spacial score (nSPS) is 14.6. The lowest BCUT2D eigenvalue weighted by atomic mass is 9.81. The second kappa shape index (κ2) is 16.1. The predicted octanol–water partition coefficient (Wildman–Crippen LogP) is 16.8. The van der Waals surface area contributed by atoms with Gasteiger partial charge >= 0.3 is 0 Å². The minimum Gasteiger partial charge on any atom is -0.489 e. The molecule has 9 aromatic carbocycles. The Bertz CT molecular complexity index is 3280. The van der Waals surface area contributed by atoms with Crippen molar-refractivity contribution in [2.75, 3.05) is 11.5 Å². The van der Waals surface area contributed by atoms with Gasteiger partial charge in [0.15, 0.2) is 0 Å². The standard InChI is InChI=1S/C62H47NO/c1-42-12-6-5-11-37-64-61-36-28-51(39-58(42)61)48-25-31-54(32-26-48)63(53-29-23-47(24-30-53)46-19-17-45(18-20-46)43-13-7-4-8-14-43)55-33-35-57-56-34-27-52(40-59(56)62(2,3)60(57)41-55)50-22-21-44-15-9-10-16-49(44)38-50/h4-36,38-41H,1,37H2,2-3H3/b11-5-,12-6-. The zero-order chi connectivity index (χ0) is 43.2. The van der Waals surface area contributed by atoms with Crippen molar-refractivity contribution in [1.29, 1.82) is 0 Å². The number of hydrogen-bond acceptors (Lipinski definition) is 2. The smallest absolute Gasteiger partial charge is 0.127 e. The summed E-state index contributed by atoms with van der Waals surface area (Å²) in [5.74, 6) is 0.843. The monoisotopic (exact) mass is 821 g/mol. The molecule has 1 aliphatic carbocycles. The maximum Gasteiger partial charge on any atom is 0.127 e. The minimum atomic E-state index is -0.207. The van der Waals surface area contributed by atoms with Crippen molar-refractivity contribution < 1.29 is 4.74 Å². The Morgan fingerprint density at radius 2 is 0.922 bits per heavy atom. The molecule has 2 aliphatic rings. The number of hydrogen-bond donors (Lipinski definition) is 0. The van der Waals surface area contributed by atoms with E-state index in [1.807, 2.05) is 24.3 Å². The van der Waals surface area contributed by atoms with Crippen molar-refractivity contribution in [3.05, 3.63) is 248 Å². The maximum absolute atomic E-state index is 6.09. The first-order valence-corrected chi connectivity index (χ1v) is 22.1. The lowest BCUT2D eigenvalue weighted by molar-refractivity contribution is 0.362. The fourth-order valence-corrected chi connectivity index (χ4v) is 9.57. The molecule has 0 radical (unpaired) electrons. The van der Waals surface area contributed by atoms with Crippen molar-refractivity contribution in [2.24, 2.45) is 0 Å². The summed E-state index contributed by atoms with van der Waals surface area (Å²) >= 11 is 0. The maximum atomic E-state index is 6.09. The van der Waals surface area contributed by atoms with Crippen LogP contribution < -0.4 is 9.64 Å². The molecule has 1 heterocycles. The van der Waals surface area contributed by atoms with E-state index in [1.54, 1.807) is 0 Å². The van der Waals surface area contributed by atoms with E-state index in [0.717, 1.165) is 45.1 Å². The van der Waals surface area contributed by atoms with E-state index in [4.69, 9.17) is 4.74 Å². The van der Waals surface area contributed by atoms with Gasteiger partial charge in [-0.3, -0.25) is 0 Å². The van der Waals surface area contributed by atoms with Crippen molar-refractivity contribution in [3.63, 3.8) is 0 Å². The van der Waals surface area contributed by atoms with E-state index in [1.165, 1.54) is 66.4 Å². The Morgan fingerprint density at radius 3 is 1.62 bits per heavy atom. The molecule has 0 atom stereocenters. The van der Waals surface area contributed by atoms with E-state index in [9.17, 15) is 0 Å². The molecule has 0 aromatic heterocycles. The number of ether oxygens (including phenoxy) is 1. The molecule has 0 bridgehead atoms. The summed E-state index contributed by atoms with van der Waals surface area (Å²) in [6.45, 7) is 9.62. The number of benzene rings is 9. The third kappa shape index (κ3) is 7.13. The first-order chi connectivity index (χ1) is 31.4. The summed E-state index contributed by atoms with van der Waals surface area (Å²) in [6.07, 6.45) is 8.08. The average molecular weight is 822 g/mol. The van der Waals surface area contributed by atoms with Gasteiger partial charge in [-0.15, -0.1) is 0 Å². The first-order valence-electron chi connectivity index (χ1n) is 22.1. The minimum absolute atomic E-state index is 0.207. The highest BCUT2D eigenvalue weighted by Crippen LogP contribution is 2.52. The van der Waals surface area contributed by atoms with Crippen LogP contribution in [0, 0.1) is 0 Å². The van der Waals surface area contributed by atoms with E-state index < -0.39 is 0 Å². The Labute approximate surface area is 376 Å². The molecule has 9 aromatic rings. The summed E-state index contributed by atoms with van der Waals surface area (Å²) in [7, 11) is 0. The van der Waals surface area contributed by atoms with Crippen LogP contribution in [0.2, 0.25) is 0 Å². The molecule has 2 nitrogen and oxygen atoms in total. The third-order valence-corrected chi connectivity index (χ3v) is 13.1. The second-order valence-corrected chi connectivity index (χ2v) is 17.4. The number of anilines is 3. The number of allylic oxidation sites excluding steroid dienone is 4. The SMILES string of the molecule is C=C1/C=C\C=C/COc2ccc(-c3ccc(N(c4ccc(-c5ccc(-c6ccccc6)cc5)cc4)c4ccc5c(c4)C(C)(C)c4cc(-c6ccc7ccccc7c6)ccc4-5)cc3)cc21. The molecule has 0 fully saturated rings. The average Bonchev–Trinajstić information content (AvgIpc) is 3.62. The molecule has 1 aliphatic heterocycles. The molecule has 0 N–H and O–H groups in total. The van der Waals surface area contributed by atoms with Gasteiger partial charge in [-0.1, -0.05) is 178 Å². The molecule has 0 saturated heterocycles. The van der Waals surface area contributed by atoms with Crippen LogP contribution in [-0.2, 0) is 5.41 Å². The molecule has 0 spiro atoms. The molecule has 306 valence electrons. The highest BCUT2D eigenvalue weighted by Gasteiger charge is 2.36. The summed E-state index contributed by atoms with van der Waals surface area (Å²) in [5.41, 5.74) is 19.8. The molecule has 11 rings (SSSR count). The Morgan fingerprint density at radius 1 is 0.422 bits per heavy atom. The molecular formula is C62H47NO. The van der Waals surface area contributed by atoms with Crippen LogP contribution >= 0.6 is 0 Å². The van der Waals surface area contributed by atoms with Gasteiger partial charge in [-0.25, -0.2) is 0 Å². The fraction of sp³-hybridized carbons (Fsp3) is 0.0645. The zero-order valence-electron chi connectivity index (χ0n) is 36.1. The number of rotatable bonds is 7. The topological polar surface area (TPSA) is 12.5 Å². The largest absolute Gasteiger partial charge is 0.489 e. The Hall–Kier alpha value is -7.94. The van der Waals surface area contributed by atoms with Crippen LogP contribution in [0.4, 0.5) is 17.1 Å². The van der Waals surface area contributed by atoms with Gasteiger partial charge < -0.3 is 9.64 Å². The van der Waals surface area contributed by atoms with Crippen LogP contribution in [0.3, 0.4) is 0 Å². The molecule has 0 saturated carbocycles. The van der Waals surface area contributed by atoms with Crippen molar-refractivity contribution in [2.45, 2.75) is 19.3 Å². The first kappa shape index (κ1) is 38.9. The van der Waals surface area contributed by atoms with Crippen LogP contribution in [0.1, 0.15) is 30.5 Å². The highest BCUT2D eigenvalue weighted by molar-refractivity contribution is 5.91. The van der Waals surface area contributed by atoms with E-state index in [-0.39, 0.29) is 5.41 Å². The van der Waals surface area contributed by atoms with Gasteiger partial charge in [0.05, 0.1) is 0 Å². The highest BCUT2D eigenvalue weighted by atomic mass is 16.5. The molecule has 2 heteroatoms. The predicted molar refractivity (Wildman–Crippen MR) is 271 cm³/mol. The van der Waals surface area contributed by atoms with Crippen LogP contribution in [0.15, 0.2) is 231 Å². The van der Waals surface area contributed by atoms with Crippen LogP contribution in [0.25, 0.3) is 72.0 Å². The second-order valence-electron chi connectivity index (χ2n) is 17.4. The van der Waals surface area contributed by atoms with Crippen molar-refractivity contribution in [3.8, 4) is 61.4 Å². The van der Waals surface area contributed by atoms with Gasteiger partial charge in [-0.2, -0.15) is 0 Å². The van der Waals surface area contributed by atoms with Crippen LogP contribution in [-0.4, -0.2) is 6.61 Å². The summed E-state index contributed by atoms with van der Waals surface area (Å²) < 4.78 is 6.09. The van der Waals surface area contributed by atoms with Gasteiger partial charge in [0.1, 0.15) is 12.4 Å². The van der Waals surface area contributed by atoms with E-state index in [0.29, 0.717) is 6.61 Å². The number of fused-ring (bicyclic) bond motifs is 5. The zero-order valence-corrected chi connectivity index (χ0v) is 36.1. The van der Waals surface area contributed by atoms with Gasteiger partial charge in [-0.05, 0) is 150 Å². The lowest BCUT2D eigenvalue weighted by Crippen LogP contribution is -2.16. The quantitative estimate of drug-likeness (QED) is 0.159. The van der Waals surface area contributed by atoms with Gasteiger partial charge in [0.25, 0.3) is 0 Å². The molecular weight excluding hydrogens is 775 g/mol. The van der Waals surface area contributed by atoms with Crippen LogP contribution in [0.5, 0.6) is 5.75 Å². The molecule has 64 heavy (non-hydrogen) atoms. The summed E-state index contributed by atoms with van der Waals surface area (Å²) in [5, 5.41) is 2.52. The molecule has 0 amide bonds. The van der Waals surface area contributed by atoms with Gasteiger partial charge in [0, 0.05) is 28.0 Å². The summed E-state index contributed by atoms with van der Waals surface area (Å²) in [4.78, 5) is 2.39. The summed E-state index contributed by atoms with van der Waals surface area (Å²) in [6, 6.07) is 73.2. The van der Waals surface area contributed by atoms with Crippen molar-refractivity contribution >= 4 is 33.4 Å². The Balaban J connectivity index is 0.961. The fourth-order valence-electron chi connectivity index (χ4n) is 9.57. The van der Waals surface area contributed by atoms with Gasteiger partial charge in [0.2, 0.25) is 0 Å². The lowest BCUT2D eigenvalue weighted by Gasteiger charge is -2.28.